The molecule has 1 aliphatic heterocycles. The maximum Gasteiger partial charge on any atom is 0.0700 e. The van der Waals surface area contributed by atoms with Gasteiger partial charge in [0.1, 0.15) is 0 Å². The van der Waals surface area contributed by atoms with Gasteiger partial charge in [-0.2, -0.15) is 0 Å². The second-order valence-corrected chi connectivity index (χ2v) is 5.18. The zero-order chi connectivity index (χ0) is 13.2. The molecule has 4 heteroatoms. The van der Waals surface area contributed by atoms with Crippen LogP contribution >= 0.6 is 0 Å². The fourth-order valence-electron chi connectivity index (χ4n) is 2.47. The molecule has 18 heavy (non-hydrogen) atoms. The highest BCUT2D eigenvalue weighted by Crippen LogP contribution is 2.11. The van der Waals surface area contributed by atoms with E-state index in [2.05, 4.69) is 24.1 Å². The summed E-state index contributed by atoms with van der Waals surface area (Å²) in [7, 11) is 1.71. The van der Waals surface area contributed by atoms with Crippen LogP contribution in [0.3, 0.4) is 0 Å². The van der Waals surface area contributed by atoms with Crippen LogP contribution in [-0.4, -0.2) is 63.5 Å². The Labute approximate surface area is 112 Å². The molecular formula is C14H30N2O2. The van der Waals surface area contributed by atoms with Gasteiger partial charge in [0.05, 0.1) is 13.2 Å². The Hall–Kier alpha value is -0.160. The lowest BCUT2D eigenvalue weighted by molar-refractivity contribution is 0.0652. The quantitative estimate of drug-likeness (QED) is 0.636. The average molecular weight is 258 g/mol. The lowest BCUT2D eigenvalue weighted by atomic mass is 10.1. The van der Waals surface area contributed by atoms with Crippen LogP contribution in [0.25, 0.3) is 0 Å². The van der Waals surface area contributed by atoms with E-state index in [0.29, 0.717) is 12.6 Å². The molecule has 0 amide bonds. The minimum Gasteiger partial charge on any atom is -0.382 e. The normalized spacial score (nSPS) is 25.5. The van der Waals surface area contributed by atoms with Crippen molar-refractivity contribution >= 4 is 0 Å². The van der Waals surface area contributed by atoms with E-state index in [1.54, 1.807) is 7.11 Å². The Balaban J connectivity index is 2.05. The van der Waals surface area contributed by atoms with Crippen molar-refractivity contribution < 1.29 is 9.47 Å². The molecule has 0 bridgehead atoms. The van der Waals surface area contributed by atoms with Crippen molar-refractivity contribution in [3.05, 3.63) is 0 Å². The summed E-state index contributed by atoms with van der Waals surface area (Å²) in [5, 5.41) is 3.56. The lowest BCUT2D eigenvalue weighted by Gasteiger charge is -2.39. The molecule has 0 aromatic carbocycles. The Morgan fingerprint density at radius 2 is 2.06 bits per heavy atom. The van der Waals surface area contributed by atoms with Gasteiger partial charge < -0.3 is 14.8 Å². The molecule has 1 N–H and O–H groups in total. The molecule has 108 valence electrons. The van der Waals surface area contributed by atoms with Gasteiger partial charge in [-0.1, -0.05) is 6.92 Å². The Kier molecular flexibility index (Phi) is 8.59. The van der Waals surface area contributed by atoms with Crippen LogP contribution in [0.4, 0.5) is 0 Å². The predicted molar refractivity (Wildman–Crippen MR) is 75.0 cm³/mol. The molecule has 0 radical (unpaired) electrons. The van der Waals surface area contributed by atoms with E-state index in [0.717, 1.165) is 32.2 Å². The third-order valence-electron chi connectivity index (χ3n) is 3.61. The van der Waals surface area contributed by atoms with Gasteiger partial charge in [0.2, 0.25) is 0 Å². The lowest BCUT2D eigenvalue weighted by Crippen LogP contribution is -2.55. The fraction of sp³-hybridized carbons (Fsp3) is 1.00. The summed E-state index contributed by atoms with van der Waals surface area (Å²) in [5.41, 5.74) is 0. The third-order valence-corrected chi connectivity index (χ3v) is 3.61. The standard InChI is InChI=1S/C14H30N2O2/c1-4-14-11-15-13(2)12-16(14)7-5-6-8-18-10-9-17-3/h13-15H,4-12H2,1-3H3. The second kappa shape index (κ2) is 9.73. The van der Waals surface area contributed by atoms with Crippen LogP contribution in [0.1, 0.15) is 33.1 Å². The van der Waals surface area contributed by atoms with Gasteiger partial charge in [-0.3, -0.25) is 4.90 Å². The van der Waals surface area contributed by atoms with Gasteiger partial charge in [0.15, 0.2) is 0 Å². The van der Waals surface area contributed by atoms with E-state index in [9.17, 15) is 0 Å². The summed E-state index contributed by atoms with van der Waals surface area (Å²) in [6, 6.07) is 1.35. The number of ether oxygens (including phenoxy) is 2. The van der Waals surface area contributed by atoms with Gasteiger partial charge in [-0.15, -0.1) is 0 Å². The predicted octanol–water partition coefficient (Wildman–Crippen LogP) is 1.50. The van der Waals surface area contributed by atoms with Crippen LogP contribution < -0.4 is 5.32 Å². The van der Waals surface area contributed by atoms with Crippen molar-refractivity contribution in [3.63, 3.8) is 0 Å². The fourth-order valence-corrected chi connectivity index (χ4v) is 2.47. The third kappa shape index (κ3) is 6.14. The molecule has 1 aliphatic rings. The summed E-state index contributed by atoms with van der Waals surface area (Å²) >= 11 is 0. The van der Waals surface area contributed by atoms with Crippen molar-refractivity contribution in [2.75, 3.05) is 46.6 Å². The largest absolute Gasteiger partial charge is 0.382 e. The number of nitrogens with zero attached hydrogens (tertiary/aromatic N) is 1. The number of hydrogen-bond acceptors (Lipinski definition) is 4. The van der Waals surface area contributed by atoms with Gasteiger partial charge in [0.25, 0.3) is 0 Å². The number of hydrogen-bond donors (Lipinski definition) is 1. The van der Waals surface area contributed by atoms with Gasteiger partial charge in [-0.05, 0) is 32.7 Å². The molecule has 0 saturated carbocycles. The summed E-state index contributed by atoms with van der Waals surface area (Å²) in [6.07, 6.45) is 3.62. The Morgan fingerprint density at radius 1 is 1.22 bits per heavy atom. The molecule has 0 aromatic heterocycles. The highest BCUT2D eigenvalue weighted by Gasteiger charge is 2.23. The first-order valence-corrected chi connectivity index (χ1v) is 7.32. The highest BCUT2D eigenvalue weighted by atomic mass is 16.5. The summed E-state index contributed by atoms with van der Waals surface area (Å²) in [5.74, 6) is 0. The van der Waals surface area contributed by atoms with Crippen molar-refractivity contribution in [2.45, 2.75) is 45.2 Å². The van der Waals surface area contributed by atoms with Gasteiger partial charge in [-0.25, -0.2) is 0 Å². The maximum atomic E-state index is 5.48. The molecule has 0 aromatic rings. The van der Waals surface area contributed by atoms with Gasteiger partial charge in [0, 0.05) is 38.9 Å². The van der Waals surface area contributed by atoms with Crippen LogP contribution in [0.5, 0.6) is 0 Å². The Bertz CT molecular complexity index is 202. The average Bonchev–Trinajstić information content (AvgIpc) is 2.38. The van der Waals surface area contributed by atoms with Crippen molar-refractivity contribution in [1.29, 1.82) is 0 Å². The highest BCUT2D eigenvalue weighted by molar-refractivity contribution is 4.83. The zero-order valence-corrected chi connectivity index (χ0v) is 12.3. The number of rotatable bonds is 9. The maximum absolute atomic E-state index is 5.48. The van der Waals surface area contributed by atoms with Crippen LogP contribution in [-0.2, 0) is 9.47 Å². The van der Waals surface area contributed by atoms with Crippen LogP contribution in [0.15, 0.2) is 0 Å². The van der Waals surface area contributed by atoms with E-state index in [4.69, 9.17) is 9.47 Å². The Morgan fingerprint density at radius 3 is 2.78 bits per heavy atom. The van der Waals surface area contributed by atoms with E-state index in [-0.39, 0.29) is 0 Å². The molecule has 0 spiro atoms. The topological polar surface area (TPSA) is 33.7 Å². The summed E-state index contributed by atoms with van der Waals surface area (Å²) < 4.78 is 10.4. The molecule has 1 fully saturated rings. The second-order valence-electron chi connectivity index (χ2n) is 5.18. The monoisotopic (exact) mass is 258 g/mol. The molecule has 1 rings (SSSR count). The minimum atomic E-state index is 0.630. The molecular weight excluding hydrogens is 228 g/mol. The number of nitrogens with one attached hydrogen (secondary N) is 1. The van der Waals surface area contributed by atoms with Crippen molar-refractivity contribution in [1.82, 2.24) is 10.2 Å². The first-order valence-electron chi connectivity index (χ1n) is 7.32. The molecule has 2 unspecified atom stereocenters. The van der Waals surface area contributed by atoms with E-state index < -0.39 is 0 Å². The molecule has 1 heterocycles. The van der Waals surface area contributed by atoms with Crippen LogP contribution in [0, 0.1) is 0 Å². The molecule has 1 saturated heterocycles. The van der Waals surface area contributed by atoms with E-state index in [1.807, 2.05) is 0 Å². The molecule has 0 aliphatic carbocycles. The first-order chi connectivity index (χ1) is 8.77. The number of piperazine rings is 1. The number of unbranched alkanes of at least 4 members (excludes halogenated alkanes) is 1. The smallest absolute Gasteiger partial charge is 0.0700 e. The van der Waals surface area contributed by atoms with Crippen molar-refractivity contribution in [2.24, 2.45) is 0 Å². The van der Waals surface area contributed by atoms with E-state index in [1.165, 1.54) is 25.9 Å². The van der Waals surface area contributed by atoms with Crippen LogP contribution in [0.2, 0.25) is 0 Å². The van der Waals surface area contributed by atoms with E-state index >= 15 is 0 Å². The number of methoxy groups -OCH3 is 1. The van der Waals surface area contributed by atoms with Crippen molar-refractivity contribution in [3.8, 4) is 0 Å². The first kappa shape index (κ1) is 15.9. The SMILES string of the molecule is CCC1CNC(C)CN1CCCCOCCOC. The summed E-state index contributed by atoms with van der Waals surface area (Å²) in [6.45, 7) is 10.4. The minimum absolute atomic E-state index is 0.630. The summed E-state index contributed by atoms with van der Waals surface area (Å²) in [4.78, 5) is 2.64. The van der Waals surface area contributed by atoms with Gasteiger partial charge >= 0.3 is 0 Å². The molecule has 2 atom stereocenters. The molecule has 4 nitrogen and oxygen atoms in total. The zero-order valence-electron chi connectivity index (χ0n) is 12.3.